The van der Waals surface area contributed by atoms with Crippen molar-refractivity contribution < 1.29 is 9.84 Å². The Kier molecular flexibility index (Phi) is 5.05. The van der Waals surface area contributed by atoms with Crippen molar-refractivity contribution in [2.45, 2.75) is 0 Å². The Hall–Kier alpha value is -2.18. The topological polar surface area (TPSA) is 61.7 Å². The summed E-state index contributed by atoms with van der Waals surface area (Å²) in [6, 6.07) is 7.04. The van der Waals surface area contributed by atoms with Gasteiger partial charge in [-0.3, -0.25) is 9.88 Å². The lowest BCUT2D eigenvalue weighted by molar-refractivity contribution is 0.144. The molecule has 2 heterocycles. The third kappa shape index (κ3) is 3.97. The van der Waals surface area contributed by atoms with Crippen LogP contribution in [0.4, 0.5) is 5.82 Å². The zero-order valence-electron chi connectivity index (χ0n) is 13.4. The molecule has 0 saturated carbocycles. The molecule has 0 amide bonds. The fourth-order valence-electron chi connectivity index (χ4n) is 2.70. The summed E-state index contributed by atoms with van der Waals surface area (Å²) in [5.74, 6) is 1.16. The number of hydrogen-bond acceptors (Lipinski definition) is 6. The molecule has 1 aromatic carbocycles. The maximum absolute atomic E-state index is 9.39. The van der Waals surface area contributed by atoms with Gasteiger partial charge >= 0.3 is 0 Å². The van der Waals surface area contributed by atoms with Gasteiger partial charge in [-0.15, -0.1) is 0 Å². The molecule has 0 aliphatic carbocycles. The van der Waals surface area contributed by atoms with Gasteiger partial charge in [0.2, 0.25) is 0 Å². The van der Waals surface area contributed by atoms with E-state index in [0.717, 1.165) is 56.4 Å². The van der Waals surface area contributed by atoms with E-state index in [1.807, 2.05) is 18.3 Å². The van der Waals surface area contributed by atoms with Crippen LogP contribution >= 0.6 is 0 Å². The van der Waals surface area contributed by atoms with E-state index in [1.165, 1.54) is 0 Å². The van der Waals surface area contributed by atoms with E-state index >= 15 is 0 Å². The Morgan fingerprint density at radius 2 is 1.83 bits per heavy atom. The molecular formula is C17H22N4O2. The maximum atomic E-state index is 9.39. The lowest BCUT2D eigenvalue weighted by Crippen LogP contribution is -2.47. The van der Waals surface area contributed by atoms with Crippen LogP contribution in [-0.4, -0.2) is 66.4 Å². The average Bonchev–Trinajstić information content (AvgIpc) is 2.61. The molecule has 122 valence electrons. The molecule has 1 fully saturated rings. The van der Waals surface area contributed by atoms with Gasteiger partial charge in [0.05, 0.1) is 24.7 Å². The van der Waals surface area contributed by atoms with Crippen molar-refractivity contribution in [2.75, 3.05) is 51.3 Å². The van der Waals surface area contributed by atoms with Gasteiger partial charge in [-0.25, -0.2) is 4.98 Å². The molecule has 1 aromatic heterocycles. The van der Waals surface area contributed by atoms with Gasteiger partial charge in [-0.2, -0.15) is 0 Å². The summed E-state index contributed by atoms with van der Waals surface area (Å²) in [7, 11) is 1.74. The second kappa shape index (κ2) is 7.39. The zero-order valence-corrected chi connectivity index (χ0v) is 13.4. The Balaban J connectivity index is 1.67. The number of phenolic OH excluding ortho intramolecular Hbond substituents is 1. The van der Waals surface area contributed by atoms with E-state index < -0.39 is 0 Å². The quantitative estimate of drug-likeness (QED) is 0.905. The molecule has 1 N–H and O–H groups in total. The number of ether oxygens (including phenoxy) is 1. The van der Waals surface area contributed by atoms with E-state index in [0.29, 0.717) is 0 Å². The standard InChI is InChI=1S/C17H22N4O2/c1-23-11-10-20-6-8-21(9-7-20)17-13-18-12-16(19-17)14-2-4-15(22)5-3-14/h2-5,12-13,22H,6-11H2,1H3. The molecule has 0 spiro atoms. The molecule has 0 atom stereocenters. The summed E-state index contributed by atoms with van der Waals surface area (Å²) >= 11 is 0. The largest absolute Gasteiger partial charge is 0.508 e. The van der Waals surface area contributed by atoms with Crippen molar-refractivity contribution in [1.29, 1.82) is 0 Å². The van der Waals surface area contributed by atoms with Crippen LogP contribution in [0.1, 0.15) is 0 Å². The van der Waals surface area contributed by atoms with Crippen molar-refractivity contribution in [3.8, 4) is 17.0 Å². The number of benzene rings is 1. The average molecular weight is 314 g/mol. The second-order valence-corrected chi connectivity index (χ2v) is 5.63. The van der Waals surface area contributed by atoms with Gasteiger partial charge < -0.3 is 14.7 Å². The Morgan fingerprint density at radius 1 is 1.09 bits per heavy atom. The van der Waals surface area contributed by atoms with Gasteiger partial charge in [0.15, 0.2) is 0 Å². The van der Waals surface area contributed by atoms with Crippen LogP contribution in [0.25, 0.3) is 11.3 Å². The highest BCUT2D eigenvalue weighted by Gasteiger charge is 2.18. The lowest BCUT2D eigenvalue weighted by atomic mass is 10.1. The van der Waals surface area contributed by atoms with Crippen LogP contribution in [0.3, 0.4) is 0 Å². The van der Waals surface area contributed by atoms with Crippen molar-refractivity contribution in [3.05, 3.63) is 36.7 Å². The fourth-order valence-corrected chi connectivity index (χ4v) is 2.70. The van der Waals surface area contributed by atoms with Crippen molar-refractivity contribution >= 4 is 5.82 Å². The van der Waals surface area contributed by atoms with E-state index in [2.05, 4.69) is 14.8 Å². The number of aromatic nitrogens is 2. The molecule has 0 bridgehead atoms. The summed E-state index contributed by atoms with van der Waals surface area (Å²) in [5.41, 5.74) is 1.78. The first-order valence-corrected chi connectivity index (χ1v) is 7.84. The lowest BCUT2D eigenvalue weighted by Gasteiger charge is -2.35. The van der Waals surface area contributed by atoms with Gasteiger partial charge in [0.25, 0.3) is 0 Å². The van der Waals surface area contributed by atoms with Crippen molar-refractivity contribution in [2.24, 2.45) is 0 Å². The molecule has 1 aliphatic rings. The minimum Gasteiger partial charge on any atom is -0.508 e. The third-order valence-electron chi connectivity index (χ3n) is 4.09. The summed E-state index contributed by atoms with van der Waals surface area (Å²) in [6.45, 7) is 5.65. The van der Waals surface area contributed by atoms with Crippen molar-refractivity contribution in [3.63, 3.8) is 0 Å². The van der Waals surface area contributed by atoms with Gasteiger partial charge in [-0.05, 0) is 24.3 Å². The van der Waals surface area contributed by atoms with E-state index in [9.17, 15) is 5.11 Å². The van der Waals surface area contributed by atoms with Gasteiger partial charge in [-0.1, -0.05) is 0 Å². The van der Waals surface area contributed by atoms with Gasteiger partial charge in [0, 0.05) is 45.4 Å². The number of aromatic hydroxyl groups is 1. The number of nitrogens with zero attached hydrogens (tertiary/aromatic N) is 4. The first kappa shape index (κ1) is 15.7. The number of piperazine rings is 1. The molecule has 3 rings (SSSR count). The Labute approximate surface area is 136 Å². The Bertz CT molecular complexity index is 625. The predicted molar refractivity (Wildman–Crippen MR) is 89.7 cm³/mol. The molecule has 23 heavy (non-hydrogen) atoms. The normalized spacial score (nSPS) is 15.8. The van der Waals surface area contributed by atoms with Crippen LogP contribution in [0.2, 0.25) is 0 Å². The van der Waals surface area contributed by atoms with E-state index in [4.69, 9.17) is 9.72 Å². The summed E-state index contributed by atoms with van der Waals surface area (Å²) < 4.78 is 5.13. The number of methoxy groups -OCH3 is 1. The highest BCUT2D eigenvalue weighted by molar-refractivity contribution is 5.61. The molecule has 1 aliphatic heterocycles. The number of hydrogen-bond donors (Lipinski definition) is 1. The highest BCUT2D eigenvalue weighted by atomic mass is 16.5. The molecule has 6 heteroatoms. The van der Waals surface area contributed by atoms with Crippen LogP contribution in [-0.2, 0) is 4.74 Å². The molecule has 1 saturated heterocycles. The third-order valence-corrected chi connectivity index (χ3v) is 4.09. The second-order valence-electron chi connectivity index (χ2n) is 5.63. The first-order chi connectivity index (χ1) is 11.3. The first-order valence-electron chi connectivity index (χ1n) is 7.84. The molecule has 6 nitrogen and oxygen atoms in total. The number of phenols is 1. The number of anilines is 1. The minimum absolute atomic E-state index is 0.255. The predicted octanol–water partition coefficient (Wildman–Crippen LogP) is 1.62. The number of rotatable bonds is 5. The smallest absolute Gasteiger partial charge is 0.147 e. The summed E-state index contributed by atoms with van der Waals surface area (Å²) in [4.78, 5) is 13.7. The zero-order chi connectivity index (χ0) is 16.1. The summed E-state index contributed by atoms with van der Waals surface area (Å²) in [5, 5.41) is 9.39. The fraction of sp³-hybridized carbons (Fsp3) is 0.412. The van der Waals surface area contributed by atoms with Crippen LogP contribution in [0, 0.1) is 0 Å². The van der Waals surface area contributed by atoms with E-state index in [1.54, 1.807) is 25.4 Å². The SMILES string of the molecule is COCCN1CCN(c2cncc(-c3ccc(O)cc3)n2)CC1. The van der Waals surface area contributed by atoms with Gasteiger partial charge in [0.1, 0.15) is 11.6 Å². The Morgan fingerprint density at radius 3 is 2.52 bits per heavy atom. The summed E-state index contributed by atoms with van der Waals surface area (Å²) in [6.07, 6.45) is 3.57. The van der Waals surface area contributed by atoms with Crippen molar-refractivity contribution in [1.82, 2.24) is 14.9 Å². The minimum atomic E-state index is 0.255. The maximum Gasteiger partial charge on any atom is 0.147 e. The van der Waals surface area contributed by atoms with Crippen LogP contribution in [0.5, 0.6) is 5.75 Å². The molecular weight excluding hydrogens is 292 g/mol. The molecule has 2 aromatic rings. The highest BCUT2D eigenvalue weighted by Crippen LogP contribution is 2.22. The van der Waals surface area contributed by atoms with E-state index in [-0.39, 0.29) is 5.75 Å². The molecule has 0 unspecified atom stereocenters. The molecule has 0 radical (unpaired) electrons. The monoisotopic (exact) mass is 314 g/mol. The van der Waals surface area contributed by atoms with Crippen LogP contribution < -0.4 is 4.90 Å². The van der Waals surface area contributed by atoms with Crippen LogP contribution in [0.15, 0.2) is 36.7 Å².